The molecule has 98 heavy (non-hydrogen) atoms. The van der Waals surface area contributed by atoms with Crippen molar-refractivity contribution in [3.05, 3.63) is 124 Å². The van der Waals surface area contributed by atoms with E-state index in [4.69, 9.17) is 9.47 Å². The number of carboxylic acid groups (broad SMARTS) is 1. The van der Waals surface area contributed by atoms with Crippen LogP contribution in [-0.2, 0) is 33.4 Å². The van der Waals surface area contributed by atoms with Gasteiger partial charge in [0.1, 0.15) is 14.6 Å². The van der Waals surface area contributed by atoms with Crippen molar-refractivity contribution in [1.29, 1.82) is 0 Å². The number of carbonyl (C=O) groups excluding carboxylic acids is 7. The molecule has 4 saturated carbocycles. The first-order valence-electron chi connectivity index (χ1n) is 35.8. The lowest BCUT2D eigenvalue weighted by Gasteiger charge is -2.40. The van der Waals surface area contributed by atoms with E-state index in [0.29, 0.717) is 90.7 Å². The maximum Gasteiger partial charge on any atom is 0.350 e. The Labute approximate surface area is 591 Å². The molecule has 3 aromatic carbocycles. The van der Waals surface area contributed by atoms with Crippen LogP contribution in [0.4, 0.5) is 17.1 Å². The molecule has 0 unspecified atom stereocenters. The van der Waals surface area contributed by atoms with Gasteiger partial charge in [0.2, 0.25) is 29.5 Å². The number of carbonyl (C=O) groups is 8. The monoisotopic (exact) mass is 1390 g/mol. The van der Waals surface area contributed by atoms with Crippen LogP contribution in [0.25, 0.3) is 31.3 Å². The maximum atomic E-state index is 14.0. The molecular formula is C79H99N5O11S3. The fourth-order valence-corrected chi connectivity index (χ4v) is 18.5. The third-order valence-electron chi connectivity index (χ3n) is 21.3. The van der Waals surface area contributed by atoms with Gasteiger partial charge in [-0.25, -0.2) is 14.4 Å². The van der Waals surface area contributed by atoms with E-state index >= 15 is 0 Å². The quantitative estimate of drug-likeness (QED) is 0.0962. The predicted octanol–water partition coefficient (Wildman–Crippen LogP) is 17.3. The zero-order chi connectivity index (χ0) is 69.6. The van der Waals surface area contributed by atoms with E-state index in [1.807, 2.05) is 129 Å². The summed E-state index contributed by atoms with van der Waals surface area (Å²) in [4.78, 5) is 117. The molecule has 12 rings (SSSR count). The lowest BCUT2D eigenvalue weighted by molar-refractivity contribution is -0.131. The van der Waals surface area contributed by atoms with Crippen LogP contribution in [0.15, 0.2) is 109 Å². The Morgan fingerprint density at radius 3 is 0.939 bits per heavy atom. The molecule has 0 bridgehead atoms. The minimum absolute atomic E-state index is 0.0346. The Morgan fingerprint density at radius 1 is 0.388 bits per heavy atom. The van der Waals surface area contributed by atoms with E-state index in [1.165, 1.54) is 54.7 Å². The van der Waals surface area contributed by atoms with Crippen molar-refractivity contribution in [2.75, 3.05) is 55.1 Å². The predicted molar refractivity (Wildman–Crippen MR) is 392 cm³/mol. The van der Waals surface area contributed by atoms with Gasteiger partial charge in [0, 0.05) is 90.5 Å². The van der Waals surface area contributed by atoms with E-state index in [2.05, 4.69) is 20.8 Å². The van der Waals surface area contributed by atoms with E-state index < -0.39 is 11.9 Å². The Morgan fingerprint density at radius 2 is 0.663 bits per heavy atom. The van der Waals surface area contributed by atoms with Crippen LogP contribution in [0.2, 0.25) is 0 Å². The van der Waals surface area contributed by atoms with E-state index in [0.717, 1.165) is 140 Å². The molecule has 5 heterocycles. The molecule has 0 spiro atoms. The van der Waals surface area contributed by atoms with Gasteiger partial charge in [0.25, 0.3) is 0 Å². The van der Waals surface area contributed by atoms with Crippen LogP contribution in [0.3, 0.4) is 0 Å². The zero-order valence-corrected chi connectivity index (χ0v) is 60.7. The summed E-state index contributed by atoms with van der Waals surface area (Å²) >= 11 is 4.03. The average Bonchev–Trinajstić information content (AvgIpc) is 1.58. The van der Waals surface area contributed by atoms with Gasteiger partial charge in [0.05, 0.1) is 31.3 Å². The van der Waals surface area contributed by atoms with Gasteiger partial charge in [-0.2, -0.15) is 0 Å². The number of anilines is 3. The van der Waals surface area contributed by atoms with Crippen LogP contribution in [-0.4, -0.2) is 121 Å². The lowest BCUT2D eigenvalue weighted by atomic mass is 9.81. The topological polar surface area (TPSA) is 191 Å². The molecule has 2 saturated heterocycles. The molecule has 16 nitrogen and oxygen atoms in total. The zero-order valence-electron chi connectivity index (χ0n) is 58.3. The number of nitrogens with zero attached hydrogens (tertiary/aromatic N) is 5. The highest BCUT2D eigenvalue weighted by molar-refractivity contribution is 7.18. The van der Waals surface area contributed by atoms with Crippen molar-refractivity contribution < 1.29 is 52.9 Å². The fraction of sp³-hybridized carbons (Fsp3) is 0.519. The number of esters is 2. The van der Waals surface area contributed by atoms with E-state index in [-0.39, 0.29) is 76.3 Å². The average molecular weight is 1390 g/mol. The Balaban J connectivity index is 0.000000159. The first kappa shape index (κ1) is 73.2. The number of ether oxygens (including phenoxy) is 2. The van der Waals surface area contributed by atoms with E-state index in [1.54, 1.807) is 18.7 Å². The van der Waals surface area contributed by atoms with Crippen LogP contribution in [0.5, 0.6) is 0 Å². The first-order chi connectivity index (χ1) is 47.3. The number of hydrogen-bond acceptors (Lipinski definition) is 13. The molecule has 2 aliphatic heterocycles. The first-order valence-corrected chi connectivity index (χ1v) is 38.2. The molecular weight excluding hydrogens is 1290 g/mol. The molecule has 524 valence electrons. The Hall–Kier alpha value is -7.48. The highest BCUT2D eigenvalue weighted by Crippen LogP contribution is 2.46. The Kier molecular flexibility index (Phi) is 25.8. The van der Waals surface area contributed by atoms with Gasteiger partial charge in [-0.05, 0) is 168 Å². The SMILES string of the molecule is CC(=O)N1CCC(N(C(=O)C2CCC(C)CC2)c2cc(-c3ccccc3)sc2C(=O)O)CC1.COC(=O)c1sc(-c2ccccc2)cc1N(C(=O)C1CCC(C)CC1)C1CCCCC1.COC(=O)c1sc(-c2ccccc2)cc1N(C(=O)C1CCC(C)CC1)C1CCN(C(C)=O)CC1. The standard InChI is InChI=1S/C27H34N2O4S.C26H32N2O4S.C26H33NO3S/c1-18-9-11-21(12-10-18)26(31)29(22-13-15-28(16-14-22)19(2)30)23-17-24(20-7-5-4-6-8-20)34-25(23)27(32)33-3;1-17-8-10-20(11-9-17)25(30)28(21-12-14-27(15-13-21)18(2)29)22-16-23(33-24(22)26(31)32)19-6-4-3-5-7-19;1-18-13-15-20(16-14-18)25(28)27(21-11-7-4-8-12-21)22-17-23(19-9-5-3-6-10-19)31-24(22)26(29)30-2/h4-8,17-18,21-22H,9-16H2,1-3H3;3-7,16-17,20-21H,8-15H2,1-2H3,(H,31,32);3,5-6,9-10,17-18,20-21H,4,7-8,11-16H2,1-2H3. The van der Waals surface area contributed by atoms with Crippen LogP contribution < -0.4 is 14.7 Å². The summed E-state index contributed by atoms with van der Waals surface area (Å²) < 4.78 is 10.3. The van der Waals surface area contributed by atoms with Crippen molar-refractivity contribution >= 4 is 98.5 Å². The number of methoxy groups -OCH3 is 2. The number of thiophene rings is 3. The van der Waals surface area contributed by atoms with Crippen molar-refractivity contribution in [3.63, 3.8) is 0 Å². The number of rotatable bonds is 15. The second-order valence-corrected chi connectivity index (χ2v) is 31.3. The maximum absolute atomic E-state index is 14.0. The second kappa shape index (κ2) is 34.5. The van der Waals surface area contributed by atoms with Gasteiger partial charge < -0.3 is 39.1 Å². The summed E-state index contributed by atoms with van der Waals surface area (Å²) in [5.74, 6) is 0.610. The van der Waals surface area contributed by atoms with Gasteiger partial charge in [-0.15, -0.1) is 34.0 Å². The van der Waals surface area contributed by atoms with Gasteiger partial charge in [-0.3, -0.25) is 24.0 Å². The summed E-state index contributed by atoms with van der Waals surface area (Å²) in [6, 6.07) is 35.6. The molecule has 6 aromatic rings. The van der Waals surface area contributed by atoms with Crippen LogP contribution in [0, 0.1) is 35.5 Å². The molecule has 0 atom stereocenters. The van der Waals surface area contributed by atoms with Crippen LogP contribution >= 0.6 is 34.0 Å². The number of carboxylic acids is 1. The lowest BCUT2D eigenvalue weighted by Crippen LogP contribution is -2.50. The Bertz CT molecular complexity index is 3670. The smallest absolute Gasteiger partial charge is 0.350 e. The fourth-order valence-electron chi connectivity index (χ4n) is 15.4. The molecule has 3 aromatic heterocycles. The third kappa shape index (κ3) is 17.9. The largest absolute Gasteiger partial charge is 0.477 e. The molecule has 19 heteroatoms. The molecule has 6 aliphatic rings. The number of amides is 5. The minimum atomic E-state index is -1.01. The van der Waals surface area contributed by atoms with Crippen molar-refractivity contribution in [2.45, 2.75) is 188 Å². The highest BCUT2D eigenvalue weighted by Gasteiger charge is 2.41. The summed E-state index contributed by atoms with van der Waals surface area (Å²) in [5.41, 5.74) is 4.94. The number of likely N-dealkylation sites (tertiary alicyclic amines) is 2. The summed E-state index contributed by atoms with van der Waals surface area (Å²) in [6.45, 7) is 12.3. The van der Waals surface area contributed by atoms with Gasteiger partial charge >= 0.3 is 17.9 Å². The molecule has 6 fully saturated rings. The molecule has 4 aliphatic carbocycles. The van der Waals surface area contributed by atoms with E-state index in [9.17, 15) is 43.5 Å². The summed E-state index contributed by atoms with van der Waals surface area (Å²) in [5, 5.41) is 10.0. The molecule has 0 radical (unpaired) electrons. The summed E-state index contributed by atoms with van der Waals surface area (Å²) in [7, 11) is 2.80. The van der Waals surface area contributed by atoms with Crippen LogP contribution in [0.1, 0.15) is 198 Å². The second-order valence-electron chi connectivity index (χ2n) is 28.1. The van der Waals surface area contributed by atoms with Gasteiger partial charge in [-0.1, -0.05) is 131 Å². The van der Waals surface area contributed by atoms with Crippen molar-refractivity contribution in [1.82, 2.24) is 9.80 Å². The minimum Gasteiger partial charge on any atom is -0.477 e. The van der Waals surface area contributed by atoms with Crippen molar-refractivity contribution in [2.24, 2.45) is 35.5 Å². The molecule has 5 amide bonds. The number of hydrogen-bond donors (Lipinski definition) is 1. The summed E-state index contributed by atoms with van der Waals surface area (Å²) in [6.07, 6.45) is 20.0. The van der Waals surface area contributed by atoms with Crippen molar-refractivity contribution in [3.8, 4) is 31.3 Å². The normalized spacial score (nSPS) is 21.6. The molecule has 1 N–H and O–H groups in total. The number of piperidine rings is 2. The number of benzene rings is 3. The highest BCUT2D eigenvalue weighted by atomic mass is 32.1. The third-order valence-corrected chi connectivity index (χ3v) is 24.8. The van der Waals surface area contributed by atoms with Gasteiger partial charge in [0.15, 0.2) is 0 Å². The number of aromatic carboxylic acids is 1.